The zero-order chi connectivity index (χ0) is 15.5. The molecule has 0 saturated heterocycles. The molecule has 0 aliphatic carbocycles. The Labute approximate surface area is 122 Å². The highest BCUT2D eigenvalue weighted by atomic mass is 32.2. The number of rotatable bonds is 6. The van der Waals surface area contributed by atoms with Gasteiger partial charge in [-0.25, -0.2) is 17.2 Å². The molecule has 0 saturated carbocycles. The summed E-state index contributed by atoms with van der Waals surface area (Å²) < 4.78 is 52.5. The van der Waals surface area contributed by atoms with E-state index in [-0.39, 0.29) is 6.04 Å². The summed E-state index contributed by atoms with van der Waals surface area (Å²) in [5.41, 5.74) is 4.92. The van der Waals surface area contributed by atoms with Crippen LogP contribution in [0.4, 0.5) is 14.5 Å². The average Bonchev–Trinajstić information content (AvgIpc) is 2.38. The largest absolute Gasteiger partial charge is 0.396 e. The lowest BCUT2D eigenvalue weighted by atomic mass is 10.3. The molecule has 8 heteroatoms. The van der Waals surface area contributed by atoms with Crippen LogP contribution in [0.15, 0.2) is 17.0 Å². The SMILES string of the molecule is CSCCC(C)N(C)S(=O)(=O)c1cc(N)c(F)cc1F. The van der Waals surface area contributed by atoms with Crippen molar-refractivity contribution in [2.24, 2.45) is 0 Å². The molecule has 1 aromatic carbocycles. The van der Waals surface area contributed by atoms with Gasteiger partial charge in [0.15, 0.2) is 0 Å². The molecule has 0 bridgehead atoms. The van der Waals surface area contributed by atoms with E-state index in [9.17, 15) is 17.2 Å². The molecule has 1 atom stereocenters. The Balaban J connectivity index is 3.13. The number of nitrogen functional groups attached to an aromatic ring is 1. The van der Waals surface area contributed by atoms with Gasteiger partial charge in [-0.3, -0.25) is 0 Å². The van der Waals surface area contributed by atoms with Crippen molar-refractivity contribution in [1.82, 2.24) is 4.31 Å². The second-order valence-corrected chi connectivity index (χ2v) is 7.41. The van der Waals surface area contributed by atoms with Crippen LogP contribution in [-0.2, 0) is 10.0 Å². The van der Waals surface area contributed by atoms with Crippen molar-refractivity contribution in [3.05, 3.63) is 23.8 Å². The molecule has 0 spiro atoms. The molecule has 4 nitrogen and oxygen atoms in total. The van der Waals surface area contributed by atoms with Crippen LogP contribution < -0.4 is 5.73 Å². The third kappa shape index (κ3) is 3.62. The lowest BCUT2D eigenvalue weighted by Crippen LogP contribution is -2.36. The zero-order valence-corrected chi connectivity index (χ0v) is 13.2. The lowest BCUT2D eigenvalue weighted by molar-refractivity contribution is 0.380. The van der Waals surface area contributed by atoms with Crippen LogP contribution in [0, 0.1) is 11.6 Å². The Kier molecular flexibility index (Phi) is 5.79. The van der Waals surface area contributed by atoms with Crippen LogP contribution in [-0.4, -0.2) is 37.8 Å². The van der Waals surface area contributed by atoms with Crippen LogP contribution >= 0.6 is 11.8 Å². The van der Waals surface area contributed by atoms with Gasteiger partial charge in [-0.2, -0.15) is 16.1 Å². The normalized spacial score (nSPS) is 13.7. The van der Waals surface area contributed by atoms with Crippen molar-refractivity contribution >= 4 is 27.5 Å². The third-order valence-electron chi connectivity index (χ3n) is 3.07. The Bertz CT molecular complexity index is 579. The molecular formula is C12H18F2N2O2S2. The van der Waals surface area contributed by atoms with Crippen LogP contribution in [0.3, 0.4) is 0 Å². The number of sulfonamides is 1. The average molecular weight is 324 g/mol. The highest BCUT2D eigenvalue weighted by Gasteiger charge is 2.28. The maximum atomic E-state index is 13.7. The van der Waals surface area contributed by atoms with Crippen molar-refractivity contribution in [3.8, 4) is 0 Å². The van der Waals surface area contributed by atoms with Crippen molar-refractivity contribution in [3.63, 3.8) is 0 Å². The van der Waals surface area contributed by atoms with Crippen molar-refractivity contribution in [1.29, 1.82) is 0 Å². The van der Waals surface area contributed by atoms with Gasteiger partial charge in [0.25, 0.3) is 0 Å². The predicted octanol–water partition coefficient (Wildman–Crippen LogP) is 2.31. The van der Waals surface area contributed by atoms with E-state index in [0.717, 1.165) is 16.1 Å². The highest BCUT2D eigenvalue weighted by molar-refractivity contribution is 7.98. The number of nitrogens with zero attached hydrogens (tertiary/aromatic N) is 1. The van der Waals surface area contributed by atoms with E-state index in [1.165, 1.54) is 7.05 Å². The Morgan fingerprint density at radius 1 is 1.35 bits per heavy atom. The molecule has 20 heavy (non-hydrogen) atoms. The van der Waals surface area contributed by atoms with Crippen LogP contribution in [0.1, 0.15) is 13.3 Å². The summed E-state index contributed by atoms with van der Waals surface area (Å²) in [6.45, 7) is 1.73. The quantitative estimate of drug-likeness (QED) is 0.816. The minimum absolute atomic E-state index is 0.293. The van der Waals surface area contributed by atoms with Crippen LogP contribution in [0.25, 0.3) is 0 Å². The van der Waals surface area contributed by atoms with Gasteiger partial charge in [0.1, 0.15) is 16.5 Å². The van der Waals surface area contributed by atoms with E-state index < -0.39 is 32.2 Å². The summed E-state index contributed by atoms with van der Waals surface area (Å²) in [4.78, 5) is -0.602. The van der Waals surface area contributed by atoms with E-state index >= 15 is 0 Å². The van der Waals surface area contributed by atoms with E-state index in [1.807, 2.05) is 6.26 Å². The summed E-state index contributed by atoms with van der Waals surface area (Å²) in [6.07, 6.45) is 2.55. The monoisotopic (exact) mass is 324 g/mol. The maximum absolute atomic E-state index is 13.7. The fourth-order valence-electron chi connectivity index (χ4n) is 1.60. The third-order valence-corrected chi connectivity index (χ3v) is 5.70. The zero-order valence-electron chi connectivity index (χ0n) is 11.6. The molecule has 1 unspecified atom stereocenters. The maximum Gasteiger partial charge on any atom is 0.246 e. The lowest BCUT2D eigenvalue weighted by Gasteiger charge is -2.24. The Hall–Kier alpha value is -0.860. The van der Waals surface area contributed by atoms with E-state index in [0.29, 0.717) is 12.5 Å². The van der Waals surface area contributed by atoms with Gasteiger partial charge in [-0.05, 0) is 31.4 Å². The van der Waals surface area contributed by atoms with Gasteiger partial charge in [-0.1, -0.05) is 0 Å². The first-order valence-electron chi connectivity index (χ1n) is 5.93. The van der Waals surface area contributed by atoms with Gasteiger partial charge < -0.3 is 5.73 Å². The molecule has 2 N–H and O–H groups in total. The fraction of sp³-hybridized carbons (Fsp3) is 0.500. The molecule has 1 rings (SSSR count). The molecule has 0 amide bonds. The van der Waals surface area contributed by atoms with Gasteiger partial charge in [-0.15, -0.1) is 0 Å². The van der Waals surface area contributed by atoms with Gasteiger partial charge in [0.05, 0.1) is 5.69 Å². The fourth-order valence-corrected chi connectivity index (χ4v) is 3.65. The van der Waals surface area contributed by atoms with Crippen molar-refractivity contribution in [2.75, 3.05) is 24.8 Å². The molecule has 0 aromatic heterocycles. The molecular weight excluding hydrogens is 306 g/mol. The van der Waals surface area contributed by atoms with Gasteiger partial charge in [0.2, 0.25) is 10.0 Å². The summed E-state index contributed by atoms with van der Waals surface area (Å²) in [5.74, 6) is -1.32. The molecule has 1 aromatic rings. The number of halogens is 2. The number of nitrogens with two attached hydrogens (primary N) is 1. The first-order valence-corrected chi connectivity index (χ1v) is 8.76. The standard InChI is InChI=1S/C12H18F2N2O2S2/c1-8(4-5-19-3)16(2)20(17,18)12-7-11(15)9(13)6-10(12)14/h6-8H,4-5,15H2,1-3H3. The minimum Gasteiger partial charge on any atom is -0.396 e. The van der Waals surface area contributed by atoms with Gasteiger partial charge in [0, 0.05) is 19.2 Å². The van der Waals surface area contributed by atoms with E-state index in [4.69, 9.17) is 5.73 Å². The molecule has 0 aliphatic rings. The second kappa shape index (κ2) is 6.73. The van der Waals surface area contributed by atoms with Crippen LogP contribution in [0.2, 0.25) is 0 Å². The second-order valence-electron chi connectivity index (χ2n) is 4.46. The molecule has 0 radical (unpaired) electrons. The summed E-state index contributed by atoms with van der Waals surface area (Å²) >= 11 is 1.60. The summed E-state index contributed by atoms with van der Waals surface area (Å²) in [7, 11) is -2.66. The van der Waals surface area contributed by atoms with E-state index in [1.54, 1.807) is 18.7 Å². The Morgan fingerprint density at radius 2 is 1.95 bits per heavy atom. The number of benzene rings is 1. The first kappa shape index (κ1) is 17.2. The minimum atomic E-state index is -4.04. The van der Waals surface area contributed by atoms with Crippen molar-refractivity contribution < 1.29 is 17.2 Å². The topological polar surface area (TPSA) is 63.4 Å². The molecule has 114 valence electrons. The summed E-state index contributed by atoms with van der Waals surface area (Å²) in [5, 5.41) is 0. The smallest absolute Gasteiger partial charge is 0.246 e. The molecule has 0 aliphatic heterocycles. The number of hydrogen-bond donors (Lipinski definition) is 1. The first-order chi connectivity index (χ1) is 9.21. The van der Waals surface area contributed by atoms with Crippen LogP contribution in [0.5, 0.6) is 0 Å². The number of thioether (sulfide) groups is 1. The van der Waals surface area contributed by atoms with E-state index in [2.05, 4.69) is 0 Å². The molecule has 0 fully saturated rings. The number of anilines is 1. The van der Waals surface area contributed by atoms with Crippen molar-refractivity contribution in [2.45, 2.75) is 24.3 Å². The van der Waals surface area contributed by atoms with Gasteiger partial charge >= 0.3 is 0 Å². The molecule has 0 heterocycles. The summed E-state index contributed by atoms with van der Waals surface area (Å²) in [6, 6.07) is 1.01. The predicted molar refractivity (Wildman–Crippen MR) is 78.2 cm³/mol. The highest BCUT2D eigenvalue weighted by Crippen LogP contribution is 2.25. The Morgan fingerprint density at radius 3 is 2.50 bits per heavy atom. The number of hydrogen-bond acceptors (Lipinski definition) is 4.